The number of likely N-dealkylation sites (N-methyl/N-ethyl adjacent to an activating group) is 1. The molecule has 136 valence electrons. The minimum absolute atomic E-state index is 0.138. The number of carbonyl (C=O) groups is 2. The molecular formula is C18H24N2O3S2. The predicted octanol–water partition coefficient (Wildman–Crippen LogP) is 4.18. The number of nitrogens with one attached hydrogen (secondary N) is 1. The second-order valence-electron chi connectivity index (χ2n) is 6.12. The molecule has 2 rings (SSSR count). The molecule has 0 saturated heterocycles. The highest BCUT2D eigenvalue weighted by molar-refractivity contribution is 7.16. The Hall–Kier alpha value is -1.70. The number of carbonyl (C=O) groups excluding carboxylic acids is 2. The molecular weight excluding hydrogens is 356 g/mol. The quantitative estimate of drug-likeness (QED) is 0.698. The molecule has 1 amide bonds. The molecule has 7 heteroatoms. The Balaban J connectivity index is 2.04. The molecule has 1 N–H and O–H groups in total. The van der Waals surface area contributed by atoms with Gasteiger partial charge in [0.15, 0.2) is 0 Å². The normalized spacial score (nSPS) is 11.1. The van der Waals surface area contributed by atoms with Gasteiger partial charge in [-0.3, -0.25) is 9.69 Å². The third kappa shape index (κ3) is 5.66. The molecule has 0 bridgehead atoms. The fourth-order valence-electron chi connectivity index (χ4n) is 2.31. The topological polar surface area (TPSA) is 58.6 Å². The molecule has 0 spiro atoms. The molecule has 0 saturated carbocycles. The lowest BCUT2D eigenvalue weighted by Crippen LogP contribution is -2.29. The monoisotopic (exact) mass is 380 g/mol. The highest BCUT2D eigenvalue weighted by Crippen LogP contribution is 2.33. The van der Waals surface area contributed by atoms with Crippen molar-refractivity contribution >= 4 is 39.6 Å². The summed E-state index contributed by atoms with van der Waals surface area (Å²) in [5.41, 5.74) is 1.62. The van der Waals surface area contributed by atoms with Crippen LogP contribution in [0.15, 0.2) is 22.9 Å². The van der Waals surface area contributed by atoms with E-state index in [1.807, 2.05) is 29.5 Å². The number of amides is 1. The summed E-state index contributed by atoms with van der Waals surface area (Å²) >= 11 is 3.07. The lowest BCUT2D eigenvalue weighted by atomic mass is 10.1. The number of hydrogen-bond acceptors (Lipinski definition) is 6. The number of hydrogen-bond donors (Lipinski definition) is 1. The molecule has 2 aromatic rings. The first-order valence-electron chi connectivity index (χ1n) is 8.21. The largest absolute Gasteiger partial charge is 0.462 e. The summed E-state index contributed by atoms with van der Waals surface area (Å²) in [5.74, 6) is -0.252. The molecule has 0 aliphatic rings. The lowest BCUT2D eigenvalue weighted by Gasteiger charge is -2.15. The average molecular weight is 381 g/mol. The van der Waals surface area contributed by atoms with E-state index in [0.717, 1.165) is 4.88 Å². The molecule has 0 unspecified atom stereocenters. The molecule has 5 nitrogen and oxygen atoms in total. The van der Waals surface area contributed by atoms with Gasteiger partial charge in [-0.15, -0.1) is 11.3 Å². The van der Waals surface area contributed by atoms with Gasteiger partial charge in [0.05, 0.1) is 18.7 Å². The van der Waals surface area contributed by atoms with E-state index < -0.39 is 5.97 Å². The summed E-state index contributed by atoms with van der Waals surface area (Å²) in [4.78, 5) is 27.5. The first-order valence-corrected chi connectivity index (χ1v) is 9.97. The van der Waals surface area contributed by atoms with Crippen molar-refractivity contribution < 1.29 is 14.3 Å². The van der Waals surface area contributed by atoms with Crippen LogP contribution in [0.4, 0.5) is 5.00 Å². The van der Waals surface area contributed by atoms with Crippen molar-refractivity contribution in [1.29, 1.82) is 0 Å². The average Bonchev–Trinajstić information content (AvgIpc) is 3.16. The van der Waals surface area contributed by atoms with Crippen molar-refractivity contribution in [3.05, 3.63) is 38.9 Å². The highest BCUT2D eigenvalue weighted by atomic mass is 32.1. The van der Waals surface area contributed by atoms with Crippen LogP contribution in [0.3, 0.4) is 0 Å². The summed E-state index contributed by atoms with van der Waals surface area (Å²) in [7, 11) is 1.90. The SMILES string of the molecule is CCOC(=O)c1cc(C(C)C)sc1NC(=O)CN(C)Cc1ccsc1. The van der Waals surface area contributed by atoms with E-state index in [4.69, 9.17) is 4.74 Å². The summed E-state index contributed by atoms with van der Waals surface area (Å²) < 4.78 is 5.10. The van der Waals surface area contributed by atoms with Gasteiger partial charge in [0, 0.05) is 11.4 Å². The van der Waals surface area contributed by atoms with E-state index in [9.17, 15) is 9.59 Å². The van der Waals surface area contributed by atoms with Crippen LogP contribution in [0.1, 0.15) is 47.5 Å². The molecule has 0 atom stereocenters. The number of anilines is 1. The highest BCUT2D eigenvalue weighted by Gasteiger charge is 2.20. The first-order chi connectivity index (χ1) is 11.9. The van der Waals surface area contributed by atoms with E-state index in [1.54, 1.807) is 18.3 Å². The maximum absolute atomic E-state index is 12.4. The van der Waals surface area contributed by atoms with Crippen molar-refractivity contribution in [2.24, 2.45) is 0 Å². The van der Waals surface area contributed by atoms with Gasteiger partial charge in [-0.2, -0.15) is 11.3 Å². The van der Waals surface area contributed by atoms with E-state index in [-0.39, 0.29) is 18.4 Å². The van der Waals surface area contributed by atoms with Gasteiger partial charge in [0.2, 0.25) is 5.91 Å². The van der Waals surface area contributed by atoms with Gasteiger partial charge in [0.1, 0.15) is 5.00 Å². The van der Waals surface area contributed by atoms with Crippen molar-refractivity contribution in [2.45, 2.75) is 33.2 Å². The molecule has 25 heavy (non-hydrogen) atoms. The van der Waals surface area contributed by atoms with Crippen LogP contribution < -0.4 is 5.32 Å². The number of nitrogens with zero attached hydrogens (tertiary/aromatic N) is 1. The predicted molar refractivity (Wildman–Crippen MR) is 104 cm³/mol. The number of rotatable bonds is 8. The van der Waals surface area contributed by atoms with Crippen LogP contribution >= 0.6 is 22.7 Å². The van der Waals surface area contributed by atoms with E-state index in [1.165, 1.54) is 16.9 Å². The fraction of sp³-hybridized carbons (Fsp3) is 0.444. The van der Waals surface area contributed by atoms with Crippen LogP contribution in [-0.2, 0) is 16.1 Å². The number of ether oxygens (including phenoxy) is 1. The molecule has 0 aliphatic heterocycles. The third-order valence-electron chi connectivity index (χ3n) is 3.51. The summed E-state index contributed by atoms with van der Waals surface area (Å²) in [5, 5.41) is 7.53. The molecule has 2 aromatic heterocycles. The third-order valence-corrected chi connectivity index (χ3v) is 5.60. The second-order valence-corrected chi connectivity index (χ2v) is 7.98. The molecule has 0 fully saturated rings. The van der Waals surface area contributed by atoms with Crippen LogP contribution in [-0.4, -0.2) is 37.0 Å². The van der Waals surface area contributed by atoms with Gasteiger partial charge in [0.25, 0.3) is 0 Å². The standard InChI is InChI=1S/C18H24N2O3S2/c1-5-23-18(22)14-8-15(12(2)3)25-17(14)19-16(21)10-20(4)9-13-6-7-24-11-13/h6-8,11-12H,5,9-10H2,1-4H3,(H,19,21). The zero-order chi connectivity index (χ0) is 18.4. The Morgan fingerprint density at radius 3 is 2.72 bits per heavy atom. The lowest BCUT2D eigenvalue weighted by molar-refractivity contribution is -0.117. The Morgan fingerprint density at radius 2 is 2.12 bits per heavy atom. The number of thiophene rings is 2. The van der Waals surface area contributed by atoms with Gasteiger partial charge in [-0.05, 0) is 48.3 Å². The van der Waals surface area contributed by atoms with Gasteiger partial charge < -0.3 is 10.1 Å². The van der Waals surface area contributed by atoms with Crippen LogP contribution in [0.2, 0.25) is 0 Å². The zero-order valence-corrected chi connectivity index (χ0v) is 16.6. The van der Waals surface area contributed by atoms with Gasteiger partial charge in [-0.1, -0.05) is 13.8 Å². The maximum Gasteiger partial charge on any atom is 0.341 e. The van der Waals surface area contributed by atoms with Crippen LogP contribution in [0.5, 0.6) is 0 Å². The summed E-state index contributed by atoms with van der Waals surface area (Å²) in [6.45, 7) is 7.16. The van der Waals surface area contributed by atoms with Crippen molar-refractivity contribution in [3.63, 3.8) is 0 Å². The molecule has 2 heterocycles. The summed E-state index contributed by atoms with van der Waals surface area (Å²) in [6, 6.07) is 3.87. The van der Waals surface area contributed by atoms with Crippen molar-refractivity contribution in [3.8, 4) is 0 Å². The van der Waals surface area contributed by atoms with E-state index >= 15 is 0 Å². The molecule has 0 aliphatic carbocycles. The fourth-order valence-corrected chi connectivity index (χ4v) is 4.03. The van der Waals surface area contributed by atoms with Gasteiger partial charge in [-0.25, -0.2) is 4.79 Å². The van der Waals surface area contributed by atoms with Gasteiger partial charge >= 0.3 is 5.97 Å². The van der Waals surface area contributed by atoms with E-state index in [0.29, 0.717) is 23.7 Å². The zero-order valence-electron chi connectivity index (χ0n) is 15.0. The summed E-state index contributed by atoms with van der Waals surface area (Å²) in [6.07, 6.45) is 0. The molecule has 0 aromatic carbocycles. The Labute approximate surface area is 156 Å². The second kappa shape index (κ2) is 9.12. The first kappa shape index (κ1) is 19.6. The minimum atomic E-state index is -0.396. The maximum atomic E-state index is 12.4. The van der Waals surface area contributed by atoms with Crippen LogP contribution in [0.25, 0.3) is 0 Å². The Morgan fingerprint density at radius 1 is 1.36 bits per heavy atom. The van der Waals surface area contributed by atoms with Crippen molar-refractivity contribution in [2.75, 3.05) is 25.5 Å². The minimum Gasteiger partial charge on any atom is -0.462 e. The van der Waals surface area contributed by atoms with E-state index in [2.05, 4.69) is 24.5 Å². The Bertz CT molecular complexity index is 708. The van der Waals surface area contributed by atoms with Crippen molar-refractivity contribution in [1.82, 2.24) is 4.90 Å². The Kier molecular flexibility index (Phi) is 7.16. The molecule has 0 radical (unpaired) electrons. The smallest absolute Gasteiger partial charge is 0.341 e. The number of esters is 1. The van der Waals surface area contributed by atoms with Crippen LogP contribution in [0, 0.1) is 0 Å².